The van der Waals surface area contributed by atoms with Gasteiger partial charge >= 0.3 is 0 Å². The third-order valence-corrected chi connectivity index (χ3v) is 3.50. The number of thiazole rings is 1. The number of nitrogens with one attached hydrogen (secondary N) is 1. The molecule has 104 valence electrons. The van der Waals surface area contributed by atoms with Crippen LogP contribution in [0, 0.1) is 0 Å². The smallest absolute Gasteiger partial charge is 0.244 e. The van der Waals surface area contributed by atoms with Crippen LogP contribution in [0.15, 0.2) is 41.9 Å². The molecule has 1 heterocycles. The van der Waals surface area contributed by atoms with Gasteiger partial charge in [-0.2, -0.15) is 0 Å². The van der Waals surface area contributed by atoms with E-state index in [1.165, 1.54) is 6.08 Å². The van der Waals surface area contributed by atoms with Gasteiger partial charge in [-0.15, -0.1) is 11.3 Å². The molecule has 1 aromatic carbocycles. The first-order chi connectivity index (χ1) is 9.78. The molecule has 0 aliphatic rings. The highest BCUT2D eigenvalue weighted by molar-refractivity contribution is 7.09. The van der Waals surface area contributed by atoms with E-state index in [1.807, 2.05) is 29.6 Å². The zero-order chi connectivity index (χ0) is 14.2. The minimum atomic E-state index is -0.0997. The molecule has 0 unspecified atom stereocenters. The van der Waals surface area contributed by atoms with Crippen LogP contribution in [0.5, 0.6) is 5.75 Å². The number of amides is 1. The molecule has 0 fully saturated rings. The van der Waals surface area contributed by atoms with Crippen molar-refractivity contribution in [1.82, 2.24) is 10.3 Å². The number of hydrogen-bond donors (Lipinski definition) is 1. The van der Waals surface area contributed by atoms with Crippen molar-refractivity contribution in [2.24, 2.45) is 0 Å². The molecular weight excluding hydrogens is 272 g/mol. The van der Waals surface area contributed by atoms with Crippen LogP contribution in [0.2, 0.25) is 0 Å². The number of carbonyl (C=O) groups is 1. The van der Waals surface area contributed by atoms with E-state index in [2.05, 4.69) is 10.3 Å². The minimum Gasteiger partial charge on any atom is -0.497 e. The Kier molecular flexibility index (Phi) is 5.32. The molecule has 0 atom stereocenters. The number of methoxy groups -OCH3 is 1. The van der Waals surface area contributed by atoms with Gasteiger partial charge in [0.2, 0.25) is 5.91 Å². The summed E-state index contributed by atoms with van der Waals surface area (Å²) in [5.74, 6) is 0.701. The van der Waals surface area contributed by atoms with E-state index in [-0.39, 0.29) is 5.91 Å². The number of ether oxygens (including phenoxy) is 1. The number of benzene rings is 1. The molecule has 20 heavy (non-hydrogen) atoms. The molecule has 2 rings (SSSR count). The van der Waals surface area contributed by atoms with Crippen molar-refractivity contribution in [3.8, 4) is 5.75 Å². The van der Waals surface area contributed by atoms with Crippen LogP contribution < -0.4 is 10.1 Å². The molecular formula is C15H16N2O2S. The molecule has 1 aromatic heterocycles. The molecule has 0 bridgehead atoms. The molecule has 0 radical (unpaired) electrons. The summed E-state index contributed by atoms with van der Waals surface area (Å²) in [6.45, 7) is 0.597. The molecule has 5 heteroatoms. The molecule has 0 saturated heterocycles. The number of hydrogen-bond acceptors (Lipinski definition) is 4. The van der Waals surface area contributed by atoms with E-state index in [1.54, 1.807) is 30.7 Å². The highest BCUT2D eigenvalue weighted by Gasteiger charge is 1.98. The van der Waals surface area contributed by atoms with Gasteiger partial charge in [0.1, 0.15) is 5.75 Å². The second-order valence-electron chi connectivity index (χ2n) is 4.07. The Balaban J connectivity index is 1.76. The fourth-order valence-electron chi connectivity index (χ4n) is 1.61. The van der Waals surface area contributed by atoms with Gasteiger partial charge in [-0.3, -0.25) is 4.79 Å². The number of carbonyl (C=O) groups excluding carboxylic acids is 1. The average molecular weight is 288 g/mol. The van der Waals surface area contributed by atoms with E-state index >= 15 is 0 Å². The van der Waals surface area contributed by atoms with Crippen LogP contribution >= 0.6 is 11.3 Å². The van der Waals surface area contributed by atoms with Crippen molar-refractivity contribution < 1.29 is 9.53 Å². The second kappa shape index (κ2) is 7.45. The van der Waals surface area contributed by atoms with Crippen molar-refractivity contribution in [2.75, 3.05) is 13.7 Å². The maximum absolute atomic E-state index is 11.6. The first kappa shape index (κ1) is 14.3. The topological polar surface area (TPSA) is 51.2 Å². The van der Waals surface area contributed by atoms with E-state index < -0.39 is 0 Å². The van der Waals surface area contributed by atoms with Gasteiger partial charge in [0.25, 0.3) is 0 Å². The highest BCUT2D eigenvalue weighted by atomic mass is 32.1. The lowest BCUT2D eigenvalue weighted by molar-refractivity contribution is -0.116. The number of aromatic nitrogens is 1. The number of rotatable bonds is 6. The first-order valence-electron chi connectivity index (χ1n) is 6.26. The molecule has 0 spiro atoms. The lowest BCUT2D eigenvalue weighted by Crippen LogP contribution is -2.23. The summed E-state index contributed by atoms with van der Waals surface area (Å²) in [6, 6.07) is 7.52. The second-order valence-corrected chi connectivity index (χ2v) is 5.05. The molecule has 2 aromatic rings. The standard InChI is InChI=1S/C15H16N2O2S/c1-19-13-5-2-12(3-6-13)4-7-14(18)16-9-8-15-17-10-11-20-15/h2-7,10-11H,8-9H2,1H3,(H,16,18)/b7-4+. The summed E-state index contributed by atoms with van der Waals surface area (Å²) < 4.78 is 5.07. The number of nitrogens with zero attached hydrogens (tertiary/aromatic N) is 1. The van der Waals surface area contributed by atoms with Crippen LogP contribution in [0.3, 0.4) is 0 Å². The van der Waals surface area contributed by atoms with Crippen molar-refractivity contribution >= 4 is 23.3 Å². The lowest BCUT2D eigenvalue weighted by atomic mass is 10.2. The van der Waals surface area contributed by atoms with Gasteiger partial charge in [-0.05, 0) is 23.8 Å². The molecule has 0 aliphatic carbocycles. The zero-order valence-corrected chi connectivity index (χ0v) is 12.0. The SMILES string of the molecule is COc1ccc(/C=C/C(=O)NCCc2nccs2)cc1. The van der Waals surface area contributed by atoms with Crippen molar-refractivity contribution in [1.29, 1.82) is 0 Å². The van der Waals surface area contributed by atoms with E-state index in [0.29, 0.717) is 6.54 Å². The quantitative estimate of drug-likeness (QED) is 0.831. The molecule has 0 aliphatic heterocycles. The summed E-state index contributed by atoms with van der Waals surface area (Å²) in [5, 5.41) is 5.79. The Morgan fingerprint density at radius 1 is 1.40 bits per heavy atom. The third-order valence-electron chi connectivity index (χ3n) is 2.66. The Labute approximate surface area is 122 Å². The van der Waals surface area contributed by atoms with Crippen LogP contribution in [-0.4, -0.2) is 24.5 Å². The Bertz CT molecular complexity index is 562. The summed E-state index contributed by atoms with van der Waals surface area (Å²) in [7, 11) is 1.63. The summed E-state index contributed by atoms with van der Waals surface area (Å²) in [5.41, 5.74) is 0.959. The Hall–Kier alpha value is -2.14. The Morgan fingerprint density at radius 3 is 2.85 bits per heavy atom. The fraction of sp³-hybridized carbons (Fsp3) is 0.200. The van der Waals surface area contributed by atoms with Crippen molar-refractivity contribution in [3.63, 3.8) is 0 Å². The Morgan fingerprint density at radius 2 is 2.20 bits per heavy atom. The zero-order valence-electron chi connectivity index (χ0n) is 11.2. The predicted molar refractivity (Wildman–Crippen MR) is 80.9 cm³/mol. The van der Waals surface area contributed by atoms with Gasteiger partial charge in [0, 0.05) is 30.6 Å². The summed E-state index contributed by atoms with van der Waals surface area (Å²) in [6.07, 6.45) is 5.84. The molecule has 1 N–H and O–H groups in total. The maximum Gasteiger partial charge on any atom is 0.244 e. The largest absolute Gasteiger partial charge is 0.497 e. The normalized spacial score (nSPS) is 10.7. The van der Waals surface area contributed by atoms with Gasteiger partial charge in [0.15, 0.2) is 0 Å². The van der Waals surface area contributed by atoms with Crippen LogP contribution in [0.1, 0.15) is 10.6 Å². The van der Waals surface area contributed by atoms with Crippen molar-refractivity contribution in [3.05, 3.63) is 52.5 Å². The fourth-order valence-corrected chi connectivity index (χ4v) is 2.24. The third kappa shape index (κ3) is 4.51. The van der Waals surface area contributed by atoms with Gasteiger partial charge < -0.3 is 10.1 Å². The first-order valence-corrected chi connectivity index (χ1v) is 7.14. The van der Waals surface area contributed by atoms with E-state index in [9.17, 15) is 4.79 Å². The van der Waals surface area contributed by atoms with Gasteiger partial charge in [-0.1, -0.05) is 12.1 Å². The molecule has 1 amide bonds. The predicted octanol–water partition coefficient (Wildman–Crippen LogP) is 2.52. The molecule has 4 nitrogen and oxygen atoms in total. The highest BCUT2D eigenvalue weighted by Crippen LogP contribution is 2.12. The lowest BCUT2D eigenvalue weighted by Gasteiger charge is -2.00. The van der Waals surface area contributed by atoms with E-state index in [4.69, 9.17) is 4.74 Å². The average Bonchev–Trinajstić information content (AvgIpc) is 2.99. The minimum absolute atomic E-state index is 0.0997. The van der Waals surface area contributed by atoms with Gasteiger partial charge in [0.05, 0.1) is 12.1 Å². The van der Waals surface area contributed by atoms with Crippen LogP contribution in [-0.2, 0) is 11.2 Å². The maximum atomic E-state index is 11.6. The summed E-state index contributed by atoms with van der Waals surface area (Å²) in [4.78, 5) is 15.8. The monoisotopic (exact) mass is 288 g/mol. The van der Waals surface area contributed by atoms with Crippen LogP contribution in [0.4, 0.5) is 0 Å². The van der Waals surface area contributed by atoms with Gasteiger partial charge in [-0.25, -0.2) is 4.98 Å². The molecule has 0 saturated carbocycles. The van der Waals surface area contributed by atoms with Crippen LogP contribution in [0.25, 0.3) is 6.08 Å². The summed E-state index contributed by atoms with van der Waals surface area (Å²) >= 11 is 1.60. The van der Waals surface area contributed by atoms with Crippen molar-refractivity contribution in [2.45, 2.75) is 6.42 Å². The van der Waals surface area contributed by atoms with E-state index in [0.717, 1.165) is 22.7 Å².